The molecule has 1 amide bonds. The van der Waals surface area contributed by atoms with Crippen LogP contribution in [0, 0.1) is 3.57 Å². The van der Waals surface area contributed by atoms with E-state index in [1.807, 2.05) is 23.1 Å². The summed E-state index contributed by atoms with van der Waals surface area (Å²) in [6.45, 7) is 1.64. The van der Waals surface area contributed by atoms with Crippen LogP contribution in [0.4, 0.5) is 11.6 Å². The highest BCUT2D eigenvalue weighted by Gasteiger charge is 2.18. The number of aromatic hydroxyl groups is 1. The number of carbonyl (C=O) groups excluding carboxylic acids is 1. The number of azo groups is 1. The zero-order valence-corrected chi connectivity index (χ0v) is 15.8. The number of hydrogen-bond donors (Lipinski definition) is 2. The topological polar surface area (TPSA) is 125 Å². The number of nitrogens with one attached hydrogen (secondary N) is 1. The molecule has 0 bridgehead atoms. The molecule has 26 heavy (non-hydrogen) atoms. The molecule has 0 unspecified atom stereocenters. The number of benzene rings is 1. The fourth-order valence-corrected chi connectivity index (χ4v) is 3.33. The Kier molecular flexibility index (Phi) is 4.53. The van der Waals surface area contributed by atoms with Crippen LogP contribution in [0.3, 0.4) is 0 Å². The van der Waals surface area contributed by atoms with Gasteiger partial charge in [-0.05, 0) is 58.8 Å². The lowest BCUT2D eigenvalue weighted by atomic mass is 10.2. The van der Waals surface area contributed by atoms with Crippen molar-refractivity contribution in [3.05, 3.63) is 21.8 Å². The molecule has 0 aliphatic carbocycles. The second kappa shape index (κ2) is 6.97. The van der Waals surface area contributed by atoms with Gasteiger partial charge in [-0.1, -0.05) is 5.10 Å². The highest BCUT2D eigenvalue weighted by Crippen LogP contribution is 2.36. The Morgan fingerprint density at radius 3 is 2.96 bits per heavy atom. The number of H-pyrrole nitrogens is 1. The summed E-state index contributed by atoms with van der Waals surface area (Å²) in [5.41, 5.74) is 0.952. The first kappa shape index (κ1) is 16.9. The van der Waals surface area contributed by atoms with Crippen molar-refractivity contribution in [3.8, 4) is 5.88 Å². The zero-order valence-electron chi connectivity index (χ0n) is 13.6. The van der Waals surface area contributed by atoms with Gasteiger partial charge in [0.2, 0.25) is 5.88 Å². The second-order valence-electron chi connectivity index (χ2n) is 5.92. The van der Waals surface area contributed by atoms with Gasteiger partial charge in [0.05, 0.1) is 5.52 Å². The highest BCUT2D eigenvalue weighted by atomic mass is 127. The summed E-state index contributed by atoms with van der Waals surface area (Å²) in [5, 5.41) is 30.3. The molecular formula is C15H15IN8O2. The molecule has 1 aromatic carbocycles. The van der Waals surface area contributed by atoms with E-state index in [-0.39, 0.29) is 18.1 Å². The van der Waals surface area contributed by atoms with Gasteiger partial charge in [0, 0.05) is 22.0 Å². The number of anilines is 1. The molecule has 1 aliphatic heterocycles. The number of carbonyl (C=O) groups is 1. The van der Waals surface area contributed by atoms with Crippen LogP contribution in [0.5, 0.6) is 5.88 Å². The minimum atomic E-state index is -0.533. The van der Waals surface area contributed by atoms with Crippen LogP contribution in [0.25, 0.3) is 10.9 Å². The van der Waals surface area contributed by atoms with Crippen molar-refractivity contribution < 1.29 is 9.90 Å². The van der Waals surface area contributed by atoms with Crippen LogP contribution in [0.2, 0.25) is 0 Å². The van der Waals surface area contributed by atoms with Crippen molar-refractivity contribution >= 4 is 51.0 Å². The van der Waals surface area contributed by atoms with E-state index >= 15 is 0 Å². The van der Waals surface area contributed by atoms with Crippen LogP contribution in [0.1, 0.15) is 12.8 Å². The van der Waals surface area contributed by atoms with Gasteiger partial charge in [-0.3, -0.25) is 4.79 Å². The summed E-state index contributed by atoms with van der Waals surface area (Å²) in [6.07, 6.45) is 2.21. The summed E-state index contributed by atoms with van der Waals surface area (Å²) in [5.74, 6) is -0.139. The Morgan fingerprint density at radius 1 is 1.35 bits per heavy atom. The van der Waals surface area contributed by atoms with Gasteiger partial charge in [0.1, 0.15) is 6.54 Å². The van der Waals surface area contributed by atoms with E-state index in [0.717, 1.165) is 35.0 Å². The maximum Gasteiger partial charge on any atom is 0.287 e. The molecule has 0 saturated carbocycles. The number of aromatic amines is 1. The van der Waals surface area contributed by atoms with Crippen molar-refractivity contribution in [2.75, 3.05) is 18.0 Å². The molecule has 2 N–H and O–H groups in total. The van der Waals surface area contributed by atoms with E-state index < -0.39 is 5.91 Å². The molecule has 3 heterocycles. The predicted octanol–water partition coefficient (Wildman–Crippen LogP) is 2.38. The average molecular weight is 466 g/mol. The summed E-state index contributed by atoms with van der Waals surface area (Å²) in [6, 6.07) is 5.59. The third-order valence-corrected chi connectivity index (χ3v) is 4.75. The number of tetrazole rings is 1. The normalized spacial score (nSPS) is 14.7. The summed E-state index contributed by atoms with van der Waals surface area (Å²) < 4.78 is 0.984. The van der Waals surface area contributed by atoms with Crippen molar-refractivity contribution in [3.63, 3.8) is 0 Å². The number of aromatic nitrogens is 5. The molecule has 0 spiro atoms. The van der Waals surface area contributed by atoms with Gasteiger partial charge in [0.25, 0.3) is 11.9 Å². The Bertz CT molecular complexity index is 989. The summed E-state index contributed by atoms with van der Waals surface area (Å²) in [4.78, 5) is 18.1. The first-order valence-corrected chi connectivity index (χ1v) is 9.15. The maximum absolute atomic E-state index is 12.1. The smallest absolute Gasteiger partial charge is 0.287 e. The zero-order chi connectivity index (χ0) is 18.1. The lowest BCUT2D eigenvalue weighted by Crippen LogP contribution is -2.19. The van der Waals surface area contributed by atoms with Gasteiger partial charge in [0.15, 0.2) is 5.69 Å². The predicted molar refractivity (Wildman–Crippen MR) is 101 cm³/mol. The minimum absolute atomic E-state index is 0.131. The van der Waals surface area contributed by atoms with Crippen molar-refractivity contribution in [1.82, 2.24) is 25.2 Å². The molecule has 0 radical (unpaired) electrons. The standard InChI is InChI=1S/C15H15IN8O2/c16-9-3-4-11-10(7-9)13(14(26)17-11)19-18-12(25)8-24-21-15(20-22-24)23-5-1-2-6-23/h3-4,7,17,26H,1-2,5-6,8H2. The Labute approximate surface area is 161 Å². The van der Waals surface area contributed by atoms with E-state index in [2.05, 4.69) is 53.2 Å². The van der Waals surface area contributed by atoms with Crippen LogP contribution < -0.4 is 4.90 Å². The first-order valence-electron chi connectivity index (χ1n) is 8.08. The Balaban J connectivity index is 1.48. The molecule has 10 nitrogen and oxygen atoms in total. The average Bonchev–Trinajstić information content (AvgIpc) is 3.33. The van der Waals surface area contributed by atoms with Crippen LogP contribution in [-0.4, -0.2) is 49.3 Å². The quantitative estimate of drug-likeness (QED) is 0.450. The molecule has 3 aromatic rings. The van der Waals surface area contributed by atoms with Gasteiger partial charge in [-0.2, -0.15) is 4.80 Å². The number of rotatable bonds is 4. The number of hydrogen-bond acceptors (Lipinski definition) is 7. The summed E-state index contributed by atoms with van der Waals surface area (Å²) in [7, 11) is 0. The largest absolute Gasteiger partial charge is 0.493 e. The molecule has 134 valence electrons. The third-order valence-electron chi connectivity index (χ3n) is 4.08. The van der Waals surface area contributed by atoms with E-state index in [0.29, 0.717) is 11.3 Å². The van der Waals surface area contributed by atoms with E-state index in [9.17, 15) is 9.90 Å². The molecule has 2 aromatic heterocycles. The Hall–Kier alpha value is -2.57. The molecule has 4 rings (SSSR count). The monoisotopic (exact) mass is 466 g/mol. The highest BCUT2D eigenvalue weighted by molar-refractivity contribution is 14.1. The van der Waals surface area contributed by atoms with Crippen LogP contribution in [-0.2, 0) is 11.3 Å². The molecular weight excluding hydrogens is 451 g/mol. The number of amides is 1. The SMILES string of the molecule is O=C(Cn1nnc(N2CCCC2)n1)N=Nc1c(O)[nH]c2ccc(I)cc12. The molecule has 1 fully saturated rings. The van der Waals surface area contributed by atoms with Crippen molar-refractivity contribution in [2.45, 2.75) is 19.4 Å². The first-order chi connectivity index (χ1) is 12.6. The minimum Gasteiger partial charge on any atom is -0.493 e. The Morgan fingerprint density at radius 2 is 2.15 bits per heavy atom. The third kappa shape index (κ3) is 3.38. The van der Waals surface area contributed by atoms with Crippen LogP contribution >= 0.6 is 22.6 Å². The van der Waals surface area contributed by atoms with Crippen LogP contribution in [0.15, 0.2) is 28.4 Å². The van der Waals surface area contributed by atoms with Gasteiger partial charge < -0.3 is 15.0 Å². The number of fused-ring (bicyclic) bond motifs is 1. The van der Waals surface area contributed by atoms with E-state index in [4.69, 9.17) is 0 Å². The van der Waals surface area contributed by atoms with E-state index in [1.165, 1.54) is 4.80 Å². The molecule has 1 aliphatic rings. The lowest BCUT2D eigenvalue weighted by molar-refractivity contribution is -0.119. The number of halogens is 1. The van der Waals surface area contributed by atoms with Crippen molar-refractivity contribution in [2.24, 2.45) is 10.2 Å². The lowest BCUT2D eigenvalue weighted by Gasteiger charge is -2.09. The molecule has 1 saturated heterocycles. The summed E-state index contributed by atoms with van der Waals surface area (Å²) >= 11 is 2.16. The second-order valence-corrected chi connectivity index (χ2v) is 7.17. The van der Waals surface area contributed by atoms with Gasteiger partial charge in [-0.15, -0.1) is 15.3 Å². The van der Waals surface area contributed by atoms with Gasteiger partial charge >= 0.3 is 0 Å². The van der Waals surface area contributed by atoms with Crippen molar-refractivity contribution in [1.29, 1.82) is 0 Å². The molecule has 11 heteroatoms. The fourth-order valence-electron chi connectivity index (χ4n) is 2.84. The fraction of sp³-hybridized carbons (Fsp3) is 0.333. The maximum atomic E-state index is 12.1. The molecule has 0 atom stereocenters. The van der Waals surface area contributed by atoms with Gasteiger partial charge in [-0.25, -0.2) is 0 Å². The van der Waals surface area contributed by atoms with E-state index in [1.54, 1.807) is 0 Å². The number of nitrogens with zero attached hydrogens (tertiary/aromatic N) is 7.